The van der Waals surface area contributed by atoms with Crippen LogP contribution in [0.3, 0.4) is 0 Å². The maximum atomic E-state index is 12.5. The van der Waals surface area contributed by atoms with E-state index in [2.05, 4.69) is 41.9 Å². The van der Waals surface area contributed by atoms with Gasteiger partial charge in [0, 0.05) is 12.1 Å². The normalized spacial score (nSPS) is 15.2. The summed E-state index contributed by atoms with van der Waals surface area (Å²) in [6.07, 6.45) is -0.477. The monoisotopic (exact) mass is 517 g/mol. The van der Waals surface area contributed by atoms with E-state index in [0.29, 0.717) is 39.7 Å². The van der Waals surface area contributed by atoms with E-state index in [1.807, 2.05) is 6.92 Å². The summed E-state index contributed by atoms with van der Waals surface area (Å²) >= 11 is 6.52. The highest BCUT2D eigenvalue weighted by Crippen LogP contribution is 2.34. The van der Waals surface area contributed by atoms with Crippen molar-refractivity contribution in [3.63, 3.8) is 0 Å². The summed E-state index contributed by atoms with van der Waals surface area (Å²) in [5, 5.41) is 23.2. The first kappa shape index (κ1) is 25.5. The van der Waals surface area contributed by atoms with Gasteiger partial charge in [-0.1, -0.05) is 30.2 Å². The number of halogens is 4. The molecule has 188 valence electrons. The Morgan fingerprint density at radius 1 is 1.33 bits per heavy atom. The molecule has 1 fully saturated rings. The van der Waals surface area contributed by atoms with Crippen LogP contribution >= 0.6 is 11.6 Å². The third kappa shape index (κ3) is 5.96. The Morgan fingerprint density at radius 3 is 2.72 bits per heavy atom. The zero-order valence-corrected chi connectivity index (χ0v) is 20.2. The molecule has 2 unspecified atom stereocenters. The van der Waals surface area contributed by atoms with Crippen LogP contribution < -0.4 is 16.0 Å². The predicted octanol–water partition coefficient (Wildman–Crippen LogP) is 5.55. The third-order valence-corrected chi connectivity index (χ3v) is 6.08. The van der Waals surface area contributed by atoms with Crippen LogP contribution in [-0.4, -0.2) is 44.4 Å². The van der Waals surface area contributed by atoms with Gasteiger partial charge in [-0.25, -0.2) is 4.98 Å². The van der Waals surface area contributed by atoms with E-state index in [9.17, 15) is 18.4 Å². The van der Waals surface area contributed by atoms with Gasteiger partial charge < -0.3 is 20.8 Å². The van der Waals surface area contributed by atoms with Crippen molar-refractivity contribution in [1.82, 2.24) is 24.9 Å². The minimum absolute atomic E-state index is 0.158. The molecule has 0 radical (unpaired) electrons. The standard InChI is InChI=1S/C23H23ClF3N9/c1-12(6-13(2)31-11-23(25,26)27)16-8-17(24)18(7-14(16)9-28)33-22-34-20(32-15-4-5-15)21-30-10-19(29-3)36(21)35-22/h7-8,10,12-13,15,31H,4-6,11H2,1-2H3,(H2,32,33,34,35). The Kier molecular flexibility index (Phi) is 7.20. The van der Waals surface area contributed by atoms with Gasteiger partial charge in [-0.15, -0.1) is 4.52 Å². The first-order valence-corrected chi connectivity index (χ1v) is 11.7. The molecule has 3 N–H and O–H groups in total. The van der Waals surface area contributed by atoms with Gasteiger partial charge in [0.25, 0.3) is 17.4 Å². The van der Waals surface area contributed by atoms with Crippen LogP contribution in [-0.2, 0) is 0 Å². The molecule has 36 heavy (non-hydrogen) atoms. The molecule has 4 rings (SSSR count). The van der Waals surface area contributed by atoms with Crippen molar-refractivity contribution in [3.05, 3.63) is 45.9 Å². The highest BCUT2D eigenvalue weighted by molar-refractivity contribution is 6.33. The number of anilines is 3. The third-order valence-electron chi connectivity index (χ3n) is 5.77. The van der Waals surface area contributed by atoms with Crippen molar-refractivity contribution in [2.45, 2.75) is 57.3 Å². The average Bonchev–Trinajstić information content (AvgIpc) is 3.54. The van der Waals surface area contributed by atoms with Crippen molar-refractivity contribution in [1.29, 1.82) is 5.26 Å². The van der Waals surface area contributed by atoms with Crippen molar-refractivity contribution in [2.24, 2.45) is 0 Å². The van der Waals surface area contributed by atoms with Gasteiger partial charge in [0.05, 0.1) is 35.1 Å². The number of fused-ring (bicyclic) bond motifs is 1. The topological polar surface area (TPSA) is 107 Å². The van der Waals surface area contributed by atoms with E-state index in [1.54, 1.807) is 19.1 Å². The maximum Gasteiger partial charge on any atom is 0.401 e. The Bertz CT molecular complexity index is 1350. The lowest BCUT2D eigenvalue weighted by atomic mass is 9.90. The molecule has 2 aromatic heterocycles. The first-order valence-electron chi connectivity index (χ1n) is 11.3. The maximum absolute atomic E-state index is 12.5. The average molecular weight is 518 g/mol. The number of hydrogen-bond donors (Lipinski definition) is 3. The number of aromatic nitrogens is 4. The molecule has 13 heteroatoms. The van der Waals surface area contributed by atoms with Crippen LogP contribution in [0.1, 0.15) is 50.2 Å². The zero-order valence-electron chi connectivity index (χ0n) is 19.5. The second-order valence-corrected chi connectivity index (χ2v) is 9.26. The summed E-state index contributed by atoms with van der Waals surface area (Å²) in [6, 6.07) is 5.20. The van der Waals surface area contributed by atoms with Crippen LogP contribution in [0.5, 0.6) is 0 Å². The van der Waals surface area contributed by atoms with Crippen molar-refractivity contribution in [2.75, 3.05) is 17.2 Å². The Morgan fingerprint density at radius 2 is 2.08 bits per heavy atom. The van der Waals surface area contributed by atoms with E-state index in [-0.39, 0.29) is 23.7 Å². The van der Waals surface area contributed by atoms with Gasteiger partial charge in [-0.2, -0.15) is 23.4 Å². The largest absolute Gasteiger partial charge is 0.401 e. The van der Waals surface area contributed by atoms with E-state index in [4.69, 9.17) is 18.2 Å². The predicted molar refractivity (Wildman–Crippen MR) is 130 cm³/mol. The highest BCUT2D eigenvalue weighted by atomic mass is 35.5. The Hall–Kier alpha value is -3.61. The minimum Gasteiger partial charge on any atom is -0.362 e. The summed E-state index contributed by atoms with van der Waals surface area (Å²) in [7, 11) is 0. The number of nitrogens with one attached hydrogen (secondary N) is 3. The molecule has 9 nitrogen and oxygen atoms in total. The fourth-order valence-electron chi connectivity index (χ4n) is 3.86. The first-order chi connectivity index (χ1) is 17.1. The SMILES string of the molecule is [C-]#[N+]c1cnc2c(NC3CC3)nc(Nc3cc(C#N)c(C(C)CC(C)NCC(F)(F)F)cc3Cl)nn12. The molecule has 1 aliphatic rings. The molecule has 0 aliphatic heterocycles. The van der Waals surface area contributed by atoms with Crippen LogP contribution in [0.15, 0.2) is 18.3 Å². The number of imidazole rings is 1. The van der Waals surface area contributed by atoms with E-state index in [0.717, 1.165) is 12.8 Å². The number of hydrogen-bond acceptors (Lipinski definition) is 7. The molecular formula is C23H23ClF3N9. The number of benzene rings is 1. The summed E-state index contributed by atoms with van der Waals surface area (Å²) in [4.78, 5) is 12.2. The lowest BCUT2D eigenvalue weighted by molar-refractivity contribution is -0.126. The smallest absolute Gasteiger partial charge is 0.362 e. The van der Waals surface area contributed by atoms with E-state index in [1.165, 1.54) is 10.7 Å². The molecule has 0 bridgehead atoms. The summed E-state index contributed by atoms with van der Waals surface area (Å²) in [5.74, 6) is 0.629. The summed E-state index contributed by atoms with van der Waals surface area (Å²) in [5.41, 5.74) is 1.78. The van der Waals surface area contributed by atoms with Crippen molar-refractivity contribution in [3.8, 4) is 6.07 Å². The van der Waals surface area contributed by atoms with E-state index < -0.39 is 18.8 Å². The molecule has 1 aromatic carbocycles. The molecule has 0 spiro atoms. The number of nitrogens with zero attached hydrogens (tertiary/aromatic N) is 6. The lowest BCUT2D eigenvalue weighted by Crippen LogP contribution is -2.36. The molecule has 0 saturated heterocycles. The molecule has 1 saturated carbocycles. The second kappa shape index (κ2) is 10.2. The van der Waals surface area contributed by atoms with Crippen LogP contribution in [0.2, 0.25) is 5.02 Å². The van der Waals surface area contributed by atoms with Crippen LogP contribution in [0.4, 0.5) is 36.4 Å². The van der Waals surface area contributed by atoms with Gasteiger partial charge in [0.1, 0.15) is 0 Å². The molecule has 3 aromatic rings. The van der Waals surface area contributed by atoms with Gasteiger partial charge >= 0.3 is 6.18 Å². The molecular weight excluding hydrogens is 495 g/mol. The van der Waals surface area contributed by atoms with Gasteiger partial charge in [-0.3, -0.25) is 0 Å². The van der Waals surface area contributed by atoms with Gasteiger partial charge in [-0.05, 0) is 49.8 Å². The molecule has 2 heterocycles. The fraction of sp³-hybridized carbons (Fsp3) is 0.435. The number of nitriles is 1. The quantitative estimate of drug-likeness (QED) is 0.319. The summed E-state index contributed by atoms with van der Waals surface area (Å²) in [6.45, 7) is 9.78. The van der Waals surface area contributed by atoms with Crippen molar-refractivity contribution >= 4 is 40.5 Å². The van der Waals surface area contributed by atoms with Gasteiger partial charge in [0.15, 0.2) is 5.82 Å². The van der Waals surface area contributed by atoms with Gasteiger partial charge in [0.2, 0.25) is 0 Å². The second-order valence-electron chi connectivity index (χ2n) is 8.86. The zero-order chi connectivity index (χ0) is 26.0. The lowest BCUT2D eigenvalue weighted by Gasteiger charge is -2.21. The number of alkyl halides is 3. The van der Waals surface area contributed by atoms with Crippen LogP contribution in [0.25, 0.3) is 10.5 Å². The van der Waals surface area contributed by atoms with E-state index >= 15 is 0 Å². The van der Waals surface area contributed by atoms with Crippen molar-refractivity contribution < 1.29 is 13.2 Å². The molecule has 2 atom stereocenters. The Balaban J connectivity index is 1.58. The highest BCUT2D eigenvalue weighted by Gasteiger charge is 2.28. The summed E-state index contributed by atoms with van der Waals surface area (Å²) < 4.78 is 38.9. The Labute approximate surface area is 210 Å². The molecule has 0 amide bonds. The minimum atomic E-state index is -4.29. The number of rotatable bonds is 9. The fourth-order valence-corrected chi connectivity index (χ4v) is 4.08. The molecule has 1 aliphatic carbocycles. The van der Waals surface area contributed by atoms with Crippen LogP contribution in [0, 0.1) is 17.9 Å².